The van der Waals surface area contributed by atoms with Crippen LogP contribution >= 0.6 is 33.2 Å². The molecule has 8 atom stereocenters. The van der Waals surface area contributed by atoms with Crippen LogP contribution in [-0.4, -0.2) is 87.1 Å². The van der Waals surface area contributed by atoms with E-state index in [2.05, 4.69) is 24.1 Å². The zero-order chi connectivity index (χ0) is 42.7. The second-order valence-electron chi connectivity index (χ2n) is 17.2. The molecule has 0 saturated carbocycles. The summed E-state index contributed by atoms with van der Waals surface area (Å²) in [6.07, 6.45) is 7.03. The van der Waals surface area contributed by atoms with Gasteiger partial charge in [0, 0.05) is 68.5 Å². The second kappa shape index (κ2) is 18.5. The van der Waals surface area contributed by atoms with Crippen LogP contribution in [0.2, 0.25) is 5.02 Å². The van der Waals surface area contributed by atoms with Gasteiger partial charge in [0.1, 0.15) is 16.9 Å². The van der Waals surface area contributed by atoms with Gasteiger partial charge in [-0.2, -0.15) is 0 Å². The Hall–Kier alpha value is -3.36. The lowest BCUT2D eigenvalue weighted by atomic mass is 9.77. The van der Waals surface area contributed by atoms with Crippen LogP contribution in [0, 0.1) is 24.7 Å². The Morgan fingerprint density at radius 1 is 1.21 bits per heavy atom. The molecule has 58 heavy (non-hydrogen) atoms. The van der Waals surface area contributed by atoms with Crippen molar-refractivity contribution in [2.75, 3.05) is 19.0 Å². The molecule has 4 bridgehead atoms. The standard InChI is InChI=1S/C44H59ClN4O7S2/c1-26-14-13-15-28(3)44(54)25-35(55-41(53)47-44)29(4)40-43(8,56-40)32(24-38(52)49(10)33-22-31(20-26)21-27(2)39(33)45)23-34(50)30(5)48(9)37(51)17-18-42(6,7)58-57-36-16-11-12-19-46-36/h11-16,19,21-22,28-30,32,35,40,54H,17-18,20,23-25H2,1-10H3,(H,47,53)/b15-13+,26-14+/t28-,29-,30+,32+,35+,40+,43+,44+/m1/s1. The zero-order valence-corrected chi connectivity index (χ0v) is 37.7. The molecule has 2 aromatic rings. The first-order valence-corrected chi connectivity index (χ1v) is 22.5. The van der Waals surface area contributed by atoms with Gasteiger partial charge in [-0.3, -0.25) is 19.7 Å². The Balaban J connectivity index is 1.38. The van der Waals surface area contributed by atoms with E-state index in [1.807, 2.05) is 83.2 Å². The Bertz CT molecular complexity index is 1930. The van der Waals surface area contributed by atoms with E-state index in [0.29, 0.717) is 23.6 Å². The third-order valence-corrected chi connectivity index (χ3v) is 15.9. The molecule has 3 amide bonds. The summed E-state index contributed by atoms with van der Waals surface area (Å²) < 4.78 is 12.0. The lowest BCUT2D eigenvalue weighted by Crippen LogP contribution is -2.60. The SMILES string of the molecule is C/C1=C\C=C\[C@@H](C)[C@@]2(O)C[C@H](OC(=O)N2)[C@@H](C)[C@@H]2O[C@@]2(C)[C@@H](CC(=O)[C@H](C)N(C)C(=O)CCC(C)(C)SSc2ccccn2)CC(=O)N(C)c2cc(cc(C)c2Cl)C1. The molecule has 0 unspecified atom stereocenters. The summed E-state index contributed by atoms with van der Waals surface area (Å²) in [4.78, 5) is 62.3. The van der Waals surface area contributed by atoms with Gasteiger partial charge in [0.15, 0.2) is 5.78 Å². The van der Waals surface area contributed by atoms with Gasteiger partial charge < -0.3 is 24.4 Å². The largest absolute Gasteiger partial charge is 0.446 e. The average molecular weight is 856 g/mol. The molecule has 2 fully saturated rings. The number of ketones is 1. The lowest BCUT2D eigenvalue weighted by Gasteiger charge is -2.41. The van der Waals surface area contributed by atoms with E-state index in [0.717, 1.165) is 21.7 Å². The molecule has 2 N–H and O–H groups in total. The fourth-order valence-electron chi connectivity index (χ4n) is 7.81. The van der Waals surface area contributed by atoms with Crippen molar-refractivity contribution in [2.24, 2.45) is 17.8 Å². The number of Topliss-reactive ketones (excluding diaryl/α,β-unsaturated/α-hetero) is 1. The van der Waals surface area contributed by atoms with Gasteiger partial charge in [-0.15, -0.1) is 0 Å². The Morgan fingerprint density at radius 2 is 1.93 bits per heavy atom. The molecule has 1 aromatic heterocycles. The van der Waals surface area contributed by atoms with E-state index in [1.54, 1.807) is 53.7 Å². The highest BCUT2D eigenvalue weighted by Crippen LogP contribution is 2.52. The highest BCUT2D eigenvalue weighted by atomic mass is 35.5. The number of hydrogen-bond donors (Lipinski definition) is 2. The number of amides is 3. The highest BCUT2D eigenvalue weighted by Gasteiger charge is 2.62. The molecule has 0 aliphatic carbocycles. The number of aliphatic hydroxyl groups is 1. The van der Waals surface area contributed by atoms with Crippen molar-refractivity contribution in [2.45, 2.75) is 133 Å². The van der Waals surface area contributed by atoms with Crippen LogP contribution < -0.4 is 10.2 Å². The minimum absolute atomic E-state index is 0.0330. The van der Waals surface area contributed by atoms with Gasteiger partial charge in [0.2, 0.25) is 11.8 Å². The van der Waals surface area contributed by atoms with Gasteiger partial charge in [-0.1, -0.05) is 72.2 Å². The summed E-state index contributed by atoms with van der Waals surface area (Å²) in [7, 11) is 6.56. The summed E-state index contributed by atoms with van der Waals surface area (Å²) in [5.74, 6) is -2.02. The van der Waals surface area contributed by atoms with Crippen molar-refractivity contribution >= 4 is 62.6 Å². The van der Waals surface area contributed by atoms with E-state index in [-0.39, 0.29) is 53.9 Å². The normalized spacial score (nSPS) is 29.9. The van der Waals surface area contributed by atoms with Gasteiger partial charge in [0.05, 0.1) is 28.5 Å². The Kier molecular flexibility index (Phi) is 14.6. The number of fused-ring (bicyclic) bond motifs is 5. The fourth-order valence-corrected chi connectivity index (χ4v) is 10.3. The van der Waals surface area contributed by atoms with E-state index in [1.165, 1.54) is 4.90 Å². The number of benzene rings is 1. The van der Waals surface area contributed by atoms with Crippen LogP contribution in [0.5, 0.6) is 0 Å². The van der Waals surface area contributed by atoms with E-state index in [4.69, 9.17) is 21.1 Å². The van der Waals surface area contributed by atoms with Crippen molar-refractivity contribution in [3.63, 3.8) is 0 Å². The molecule has 0 radical (unpaired) electrons. The third-order valence-electron chi connectivity index (χ3n) is 12.1. The number of aryl methyl sites for hydroxylation is 1. The van der Waals surface area contributed by atoms with Gasteiger partial charge >= 0.3 is 6.09 Å². The number of ether oxygens (including phenoxy) is 2. The maximum absolute atomic E-state index is 14.3. The number of likely N-dealkylation sites (N-methyl/N-ethyl adjacent to an activating group) is 1. The first-order valence-electron chi connectivity index (χ1n) is 20.0. The predicted molar refractivity (Wildman–Crippen MR) is 232 cm³/mol. The molecule has 316 valence electrons. The number of carbonyl (C=O) groups excluding carboxylic acids is 4. The lowest BCUT2D eigenvalue weighted by molar-refractivity contribution is -0.138. The summed E-state index contributed by atoms with van der Waals surface area (Å²) in [5.41, 5.74) is 0.885. The van der Waals surface area contributed by atoms with Crippen LogP contribution in [0.15, 0.2) is 65.4 Å². The third kappa shape index (κ3) is 10.9. The molecule has 0 spiro atoms. The Morgan fingerprint density at radius 3 is 2.62 bits per heavy atom. The van der Waals surface area contributed by atoms with Crippen molar-refractivity contribution in [3.8, 4) is 0 Å². The predicted octanol–water partition coefficient (Wildman–Crippen LogP) is 8.49. The number of alkyl carbamates (subject to hydrolysis) is 1. The van der Waals surface area contributed by atoms with Crippen LogP contribution in [0.3, 0.4) is 0 Å². The molecule has 11 nitrogen and oxygen atoms in total. The van der Waals surface area contributed by atoms with Crippen LogP contribution in [0.25, 0.3) is 0 Å². The number of pyridine rings is 1. The topological polar surface area (TPSA) is 142 Å². The van der Waals surface area contributed by atoms with Gasteiger partial charge in [-0.05, 0) is 94.5 Å². The first kappa shape index (κ1) is 45.7. The number of aromatic nitrogens is 1. The summed E-state index contributed by atoms with van der Waals surface area (Å²) >= 11 is 6.84. The summed E-state index contributed by atoms with van der Waals surface area (Å²) in [5, 5.41) is 15.7. The highest BCUT2D eigenvalue weighted by molar-refractivity contribution is 8.77. The number of carbonyl (C=O) groups is 4. The maximum Gasteiger partial charge on any atom is 0.409 e. The number of allylic oxidation sites excluding steroid dienone is 3. The molecule has 3 aliphatic heterocycles. The van der Waals surface area contributed by atoms with Gasteiger partial charge in [-0.25, -0.2) is 9.78 Å². The maximum atomic E-state index is 14.3. The average Bonchev–Trinajstić information content (AvgIpc) is 3.87. The van der Waals surface area contributed by atoms with Crippen LogP contribution in [-0.2, 0) is 30.3 Å². The second-order valence-corrected chi connectivity index (χ2v) is 20.4. The molecule has 14 heteroatoms. The fraction of sp³-hybridized carbons (Fsp3) is 0.568. The van der Waals surface area contributed by atoms with Crippen molar-refractivity contribution in [3.05, 3.63) is 76.5 Å². The van der Waals surface area contributed by atoms with E-state index in [9.17, 15) is 24.3 Å². The van der Waals surface area contributed by atoms with Gasteiger partial charge in [0.25, 0.3) is 0 Å². The van der Waals surface area contributed by atoms with E-state index < -0.39 is 47.5 Å². The minimum Gasteiger partial charge on any atom is -0.446 e. The monoisotopic (exact) mass is 854 g/mol. The molecule has 3 aliphatic rings. The minimum atomic E-state index is -1.57. The number of nitrogens with one attached hydrogen (secondary N) is 1. The molecule has 5 rings (SSSR count). The number of rotatable bonds is 10. The number of epoxide rings is 1. The summed E-state index contributed by atoms with van der Waals surface area (Å²) in [6, 6.07) is 8.93. The number of anilines is 1. The molecule has 4 heterocycles. The number of halogens is 1. The Labute approximate surface area is 356 Å². The first-order chi connectivity index (χ1) is 27.1. The number of hydrogen-bond acceptors (Lipinski definition) is 10. The molecule has 2 saturated heterocycles. The molecular weight excluding hydrogens is 796 g/mol. The van der Waals surface area contributed by atoms with Crippen molar-refractivity contribution in [1.29, 1.82) is 0 Å². The van der Waals surface area contributed by atoms with Crippen molar-refractivity contribution in [1.82, 2.24) is 15.2 Å². The van der Waals surface area contributed by atoms with Crippen LogP contribution in [0.1, 0.15) is 91.7 Å². The zero-order valence-electron chi connectivity index (χ0n) is 35.3. The summed E-state index contributed by atoms with van der Waals surface area (Å²) in [6.45, 7) is 15.4. The molecular formula is C44H59ClN4O7S2. The number of nitrogens with zero attached hydrogens (tertiary/aromatic N) is 3. The van der Waals surface area contributed by atoms with Crippen LogP contribution in [0.4, 0.5) is 10.5 Å². The quantitative estimate of drug-likeness (QED) is 0.177. The molecule has 1 aromatic carbocycles. The van der Waals surface area contributed by atoms with E-state index >= 15 is 0 Å². The smallest absolute Gasteiger partial charge is 0.409 e. The van der Waals surface area contributed by atoms with Crippen molar-refractivity contribution < 1.29 is 33.8 Å².